The summed E-state index contributed by atoms with van der Waals surface area (Å²) in [6.45, 7) is 4.65. The molecule has 4 rings (SSSR count). The number of anilines is 1. The molecule has 0 bridgehead atoms. The van der Waals surface area contributed by atoms with Crippen LogP contribution in [0.2, 0.25) is 0 Å². The SMILES string of the molecule is Cc1ccc(NC(=O)c2nnn3c2COC(c2ccc(F)cc2)C3)cc1C. The van der Waals surface area contributed by atoms with Crippen LogP contribution < -0.4 is 5.32 Å². The van der Waals surface area contributed by atoms with Crippen LogP contribution in [0.5, 0.6) is 0 Å². The number of halogens is 1. The lowest BCUT2D eigenvalue weighted by atomic mass is 10.1. The number of aryl methyl sites for hydroxylation is 2. The van der Waals surface area contributed by atoms with E-state index in [1.54, 1.807) is 16.8 Å². The Bertz CT molecular complexity index is 998. The summed E-state index contributed by atoms with van der Waals surface area (Å²) >= 11 is 0. The monoisotopic (exact) mass is 366 g/mol. The molecule has 0 saturated carbocycles. The van der Waals surface area contributed by atoms with E-state index in [4.69, 9.17) is 4.74 Å². The number of carbonyl (C=O) groups is 1. The van der Waals surface area contributed by atoms with Crippen LogP contribution in [0.15, 0.2) is 42.5 Å². The molecule has 7 heteroatoms. The first-order valence-electron chi connectivity index (χ1n) is 8.69. The van der Waals surface area contributed by atoms with Crippen molar-refractivity contribution in [2.24, 2.45) is 0 Å². The van der Waals surface area contributed by atoms with E-state index >= 15 is 0 Å². The van der Waals surface area contributed by atoms with Gasteiger partial charge in [-0.3, -0.25) is 4.79 Å². The summed E-state index contributed by atoms with van der Waals surface area (Å²) in [6, 6.07) is 11.9. The van der Waals surface area contributed by atoms with Gasteiger partial charge in [0.05, 0.1) is 18.8 Å². The van der Waals surface area contributed by atoms with Crippen LogP contribution >= 0.6 is 0 Å². The van der Waals surface area contributed by atoms with Gasteiger partial charge < -0.3 is 10.1 Å². The zero-order valence-corrected chi connectivity index (χ0v) is 15.1. The minimum atomic E-state index is -0.316. The van der Waals surface area contributed by atoms with Gasteiger partial charge in [-0.25, -0.2) is 9.07 Å². The number of hydrogen-bond acceptors (Lipinski definition) is 4. The summed E-state index contributed by atoms with van der Waals surface area (Å²) in [5.41, 5.74) is 4.72. The molecule has 1 unspecified atom stereocenters. The lowest BCUT2D eigenvalue weighted by Crippen LogP contribution is -2.24. The largest absolute Gasteiger partial charge is 0.365 e. The molecule has 0 saturated heterocycles. The van der Waals surface area contributed by atoms with Crippen LogP contribution in [0.25, 0.3) is 0 Å². The predicted octanol–water partition coefficient (Wildman–Crippen LogP) is 3.56. The lowest BCUT2D eigenvalue weighted by molar-refractivity contribution is -0.00174. The smallest absolute Gasteiger partial charge is 0.278 e. The van der Waals surface area contributed by atoms with Gasteiger partial charge >= 0.3 is 0 Å². The van der Waals surface area contributed by atoms with E-state index in [2.05, 4.69) is 15.6 Å². The van der Waals surface area contributed by atoms with E-state index in [0.717, 1.165) is 16.7 Å². The van der Waals surface area contributed by atoms with Crippen molar-refractivity contribution >= 4 is 11.6 Å². The summed E-state index contributed by atoms with van der Waals surface area (Å²) < 4.78 is 20.6. The maximum absolute atomic E-state index is 13.1. The number of hydrogen-bond donors (Lipinski definition) is 1. The molecule has 1 N–H and O–H groups in total. The summed E-state index contributed by atoms with van der Waals surface area (Å²) in [6.07, 6.45) is -0.254. The van der Waals surface area contributed by atoms with Crippen molar-refractivity contribution in [1.82, 2.24) is 15.0 Å². The normalized spacial score (nSPS) is 16.0. The number of amides is 1. The fourth-order valence-corrected chi connectivity index (χ4v) is 3.08. The van der Waals surface area contributed by atoms with Gasteiger partial charge in [0.15, 0.2) is 5.69 Å². The first-order chi connectivity index (χ1) is 13.0. The Balaban J connectivity index is 1.51. The van der Waals surface area contributed by atoms with Crippen molar-refractivity contribution in [2.75, 3.05) is 5.32 Å². The summed E-state index contributed by atoms with van der Waals surface area (Å²) in [5, 5.41) is 11.0. The molecule has 2 aromatic carbocycles. The van der Waals surface area contributed by atoms with E-state index in [0.29, 0.717) is 17.9 Å². The molecule has 1 aliphatic heterocycles. The fourth-order valence-electron chi connectivity index (χ4n) is 3.08. The van der Waals surface area contributed by atoms with E-state index in [-0.39, 0.29) is 30.1 Å². The van der Waals surface area contributed by atoms with Gasteiger partial charge in [-0.1, -0.05) is 23.4 Å². The number of aromatic nitrogens is 3. The quantitative estimate of drug-likeness (QED) is 0.770. The highest BCUT2D eigenvalue weighted by molar-refractivity contribution is 6.03. The molecular weight excluding hydrogens is 347 g/mol. The molecule has 0 radical (unpaired) electrons. The Labute approximate surface area is 156 Å². The van der Waals surface area contributed by atoms with Gasteiger partial charge in [-0.2, -0.15) is 0 Å². The summed E-state index contributed by atoms with van der Waals surface area (Å²) in [5.74, 6) is -0.607. The van der Waals surface area contributed by atoms with Gasteiger partial charge in [0.1, 0.15) is 11.9 Å². The molecule has 0 fully saturated rings. The highest BCUT2D eigenvalue weighted by Gasteiger charge is 2.27. The Morgan fingerprint density at radius 2 is 1.96 bits per heavy atom. The van der Waals surface area contributed by atoms with Gasteiger partial charge in [0.25, 0.3) is 5.91 Å². The molecule has 27 heavy (non-hydrogen) atoms. The van der Waals surface area contributed by atoms with Crippen LogP contribution in [-0.2, 0) is 17.9 Å². The van der Waals surface area contributed by atoms with Crippen molar-refractivity contribution in [3.05, 3.63) is 76.4 Å². The van der Waals surface area contributed by atoms with E-state index in [1.807, 2.05) is 32.0 Å². The summed E-state index contributed by atoms with van der Waals surface area (Å²) in [7, 11) is 0. The molecule has 1 amide bonds. The van der Waals surface area contributed by atoms with Crippen LogP contribution in [0.3, 0.4) is 0 Å². The Kier molecular flexibility index (Phi) is 4.45. The molecular formula is C20H19FN4O2. The zero-order chi connectivity index (χ0) is 19.0. The second kappa shape index (κ2) is 6.92. The highest BCUT2D eigenvalue weighted by Crippen LogP contribution is 2.27. The number of carbonyl (C=O) groups excluding carboxylic acids is 1. The Morgan fingerprint density at radius 3 is 2.70 bits per heavy atom. The molecule has 138 valence electrons. The van der Waals surface area contributed by atoms with Crippen molar-refractivity contribution in [3.63, 3.8) is 0 Å². The van der Waals surface area contributed by atoms with E-state index in [9.17, 15) is 9.18 Å². The standard InChI is InChI=1S/C20H19FN4O2/c1-12-3-8-16(9-13(12)2)22-20(26)19-17-11-27-18(10-25(17)24-23-19)14-4-6-15(21)7-5-14/h3-9,18H,10-11H2,1-2H3,(H,22,26). The topological polar surface area (TPSA) is 69.0 Å². The number of ether oxygens (including phenoxy) is 1. The average molecular weight is 366 g/mol. The lowest BCUT2D eigenvalue weighted by Gasteiger charge is -2.24. The molecule has 0 spiro atoms. The first-order valence-corrected chi connectivity index (χ1v) is 8.69. The zero-order valence-electron chi connectivity index (χ0n) is 15.1. The number of fused-ring (bicyclic) bond motifs is 1. The third kappa shape index (κ3) is 3.46. The molecule has 0 aliphatic carbocycles. The predicted molar refractivity (Wildman–Crippen MR) is 97.8 cm³/mol. The number of nitrogens with zero attached hydrogens (tertiary/aromatic N) is 3. The number of benzene rings is 2. The molecule has 1 atom stereocenters. The minimum Gasteiger partial charge on any atom is -0.365 e. The van der Waals surface area contributed by atoms with E-state index in [1.165, 1.54) is 12.1 Å². The second-order valence-corrected chi connectivity index (χ2v) is 6.67. The first kappa shape index (κ1) is 17.4. The molecule has 3 aromatic rings. The van der Waals surface area contributed by atoms with Crippen molar-refractivity contribution in [2.45, 2.75) is 33.1 Å². The van der Waals surface area contributed by atoms with Crippen LogP contribution in [-0.4, -0.2) is 20.9 Å². The van der Waals surface area contributed by atoms with Crippen molar-refractivity contribution < 1.29 is 13.9 Å². The van der Waals surface area contributed by atoms with Crippen molar-refractivity contribution in [3.8, 4) is 0 Å². The Morgan fingerprint density at radius 1 is 1.19 bits per heavy atom. The maximum atomic E-state index is 13.1. The van der Waals surface area contributed by atoms with Crippen LogP contribution in [0.4, 0.5) is 10.1 Å². The maximum Gasteiger partial charge on any atom is 0.278 e. The number of nitrogens with one attached hydrogen (secondary N) is 1. The third-order valence-corrected chi connectivity index (χ3v) is 4.82. The van der Waals surface area contributed by atoms with Gasteiger partial charge in [-0.15, -0.1) is 5.10 Å². The Hall–Kier alpha value is -3.06. The van der Waals surface area contributed by atoms with Gasteiger partial charge in [0.2, 0.25) is 0 Å². The third-order valence-electron chi connectivity index (χ3n) is 4.82. The van der Waals surface area contributed by atoms with Crippen LogP contribution in [0.1, 0.15) is 39.0 Å². The fraction of sp³-hybridized carbons (Fsp3) is 0.250. The molecule has 2 heterocycles. The highest BCUT2D eigenvalue weighted by atomic mass is 19.1. The van der Waals surface area contributed by atoms with Crippen molar-refractivity contribution in [1.29, 1.82) is 0 Å². The van der Waals surface area contributed by atoms with Crippen LogP contribution in [0, 0.1) is 19.7 Å². The second-order valence-electron chi connectivity index (χ2n) is 6.67. The average Bonchev–Trinajstić information content (AvgIpc) is 3.08. The van der Waals surface area contributed by atoms with Gasteiger partial charge in [0, 0.05) is 5.69 Å². The van der Waals surface area contributed by atoms with E-state index < -0.39 is 0 Å². The van der Waals surface area contributed by atoms with Gasteiger partial charge in [-0.05, 0) is 54.8 Å². The molecule has 1 aliphatic rings. The number of rotatable bonds is 3. The summed E-state index contributed by atoms with van der Waals surface area (Å²) in [4.78, 5) is 12.6. The minimum absolute atomic E-state index is 0.213. The molecule has 1 aromatic heterocycles. The molecule has 6 nitrogen and oxygen atoms in total.